The Balaban J connectivity index is 2.34. The standard InChI is InChI=1S/C10H22N2O/c1-9(2)7-10(8-13)12-5-3-11-4-6-12/h9-11,13H,3-8H2,1-2H3. The van der Waals surface area contributed by atoms with Gasteiger partial charge >= 0.3 is 0 Å². The van der Waals surface area contributed by atoms with Crippen molar-refractivity contribution in [2.75, 3.05) is 32.8 Å². The Morgan fingerprint density at radius 3 is 2.38 bits per heavy atom. The summed E-state index contributed by atoms with van der Waals surface area (Å²) in [6.07, 6.45) is 1.11. The van der Waals surface area contributed by atoms with Crippen molar-refractivity contribution in [3.05, 3.63) is 0 Å². The molecule has 1 aliphatic heterocycles. The molecule has 0 aromatic carbocycles. The minimum Gasteiger partial charge on any atom is -0.395 e. The highest BCUT2D eigenvalue weighted by atomic mass is 16.3. The van der Waals surface area contributed by atoms with Gasteiger partial charge in [-0.05, 0) is 12.3 Å². The topological polar surface area (TPSA) is 35.5 Å². The summed E-state index contributed by atoms with van der Waals surface area (Å²) in [7, 11) is 0. The van der Waals surface area contributed by atoms with E-state index < -0.39 is 0 Å². The van der Waals surface area contributed by atoms with Gasteiger partial charge in [0.15, 0.2) is 0 Å². The number of rotatable bonds is 4. The average molecular weight is 186 g/mol. The fourth-order valence-electron chi connectivity index (χ4n) is 1.93. The summed E-state index contributed by atoms with van der Waals surface area (Å²) in [6.45, 7) is 9.02. The van der Waals surface area contributed by atoms with E-state index in [0.717, 1.165) is 32.6 Å². The van der Waals surface area contributed by atoms with Gasteiger partial charge < -0.3 is 10.4 Å². The summed E-state index contributed by atoms with van der Waals surface area (Å²) in [4.78, 5) is 2.40. The molecule has 0 saturated carbocycles. The number of aliphatic hydroxyl groups excluding tert-OH is 1. The summed E-state index contributed by atoms with van der Waals surface area (Å²) >= 11 is 0. The Kier molecular flexibility index (Phi) is 4.70. The van der Waals surface area contributed by atoms with Crippen molar-refractivity contribution in [1.82, 2.24) is 10.2 Å². The van der Waals surface area contributed by atoms with E-state index in [4.69, 9.17) is 0 Å². The van der Waals surface area contributed by atoms with Gasteiger partial charge in [-0.2, -0.15) is 0 Å². The molecular formula is C10H22N2O. The molecule has 1 aliphatic rings. The minimum absolute atomic E-state index is 0.304. The van der Waals surface area contributed by atoms with Gasteiger partial charge in [-0.3, -0.25) is 4.90 Å². The van der Waals surface area contributed by atoms with Crippen LogP contribution in [-0.2, 0) is 0 Å². The van der Waals surface area contributed by atoms with Crippen molar-refractivity contribution in [3.8, 4) is 0 Å². The molecule has 0 amide bonds. The maximum Gasteiger partial charge on any atom is 0.0586 e. The van der Waals surface area contributed by atoms with E-state index in [9.17, 15) is 5.11 Å². The van der Waals surface area contributed by atoms with Crippen molar-refractivity contribution in [1.29, 1.82) is 0 Å². The molecule has 3 heteroatoms. The van der Waals surface area contributed by atoms with Crippen molar-refractivity contribution >= 4 is 0 Å². The third-order valence-electron chi connectivity index (χ3n) is 2.62. The van der Waals surface area contributed by atoms with Gasteiger partial charge in [0.25, 0.3) is 0 Å². The quantitative estimate of drug-likeness (QED) is 0.663. The lowest BCUT2D eigenvalue weighted by Crippen LogP contribution is -2.50. The molecule has 0 aromatic rings. The van der Waals surface area contributed by atoms with E-state index in [0.29, 0.717) is 18.6 Å². The fourth-order valence-corrected chi connectivity index (χ4v) is 1.93. The molecule has 1 saturated heterocycles. The molecule has 1 atom stereocenters. The third kappa shape index (κ3) is 3.63. The normalized spacial score (nSPS) is 22.2. The van der Waals surface area contributed by atoms with Crippen LogP contribution in [0.2, 0.25) is 0 Å². The number of piperazine rings is 1. The van der Waals surface area contributed by atoms with Gasteiger partial charge in [-0.25, -0.2) is 0 Å². The minimum atomic E-state index is 0.304. The average Bonchev–Trinajstić information content (AvgIpc) is 2.15. The van der Waals surface area contributed by atoms with Gasteiger partial charge in [0.1, 0.15) is 0 Å². The summed E-state index contributed by atoms with van der Waals surface area (Å²) in [5.41, 5.74) is 0. The predicted octanol–water partition coefficient (Wildman–Crippen LogP) is 0.299. The van der Waals surface area contributed by atoms with E-state index in [1.807, 2.05) is 0 Å². The molecule has 78 valence electrons. The first-order chi connectivity index (χ1) is 6.24. The molecule has 1 rings (SSSR count). The smallest absolute Gasteiger partial charge is 0.0586 e. The lowest BCUT2D eigenvalue weighted by atomic mass is 10.0. The van der Waals surface area contributed by atoms with Gasteiger partial charge in [-0.1, -0.05) is 13.8 Å². The fraction of sp³-hybridized carbons (Fsp3) is 1.00. The van der Waals surface area contributed by atoms with Crippen LogP contribution in [0.25, 0.3) is 0 Å². The first-order valence-corrected chi connectivity index (χ1v) is 5.29. The monoisotopic (exact) mass is 186 g/mol. The zero-order valence-corrected chi connectivity index (χ0v) is 8.79. The summed E-state index contributed by atoms with van der Waals surface area (Å²) in [6, 6.07) is 0.377. The largest absolute Gasteiger partial charge is 0.395 e. The number of hydrogen-bond donors (Lipinski definition) is 2. The second-order valence-corrected chi connectivity index (χ2v) is 4.25. The molecule has 1 heterocycles. The van der Waals surface area contributed by atoms with Gasteiger partial charge in [0.2, 0.25) is 0 Å². The molecule has 2 N–H and O–H groups in total. The molecule has 0 radical (unpaired) electrons. The molecule has 1 fully saturated rings. The molecule has 0 spiro atoms. The molecule has 1 unspecified atom stereocenters. The molecule has 0 bridgehead atoms. The molecule has 0 aromatic heterocycles. The first-order valence-electron chi connectivity index (χ1n) is 5.29. The van der Waals surface area contributed by atoms with E-state index in [2.05, 4.69) is 24.1 Å². The highest BCUT2D eigenvalue weighted by molar-refractivity contribution is 4.76. The maximum atomic E-state index is 9.27. The van der Waals surface area contributed by atoms with Gasteiger partial charge in [0, 0.05) is 32.2 Å². The molecule has 13 heavy (non-hydrogen) atoms. The first kappa shape index (κ1) is 11.0. The Morgan fingerprint density at radius 2 is 1.92 bits per heavy atom. The number of nitrogens with zero attached hydrogens (tertiary/aromatic N) is 1. The zero-order chi connectivity index (χ0) is 9.68. The van der Waals surface area contributed by atoms with E-state index >= 15 is 0 Å². The van der Waals surface area contributed by atoms with Crippen LogP contribution in [-0.4, -0.2) is 48.8 Å². The van der Waals surface area contributed by atoms with Crippen LogP contribution >= 0.6 is 0 Å². The Hall–Kier alpha value is -0.120. The molecule has 3 nitrogen and oxygen atoms in total. The number of aliphatic hydroxyl groups is 1. The van der Waals surface area contributed by atoms with E-state index in [-0.39, 0.29) is 0 Å². The van der Waals surface area contributed by atoms with Crippen molar-refractivity contribution in [2.45, 2.75) is 26.3 Å². The summed E-state index contributed by atoms with van der Waals surface area (Å²) in [5, 5.41) is 12.6. The van der Waals surface area contributed by atoms with E-state index in [1.165, 1.54) is 0 Å². The predicted molar refractivity (Wildman–Crippen MR) is 54.8 cm³/mol. The van der Waals surface area contributed by atoms with Gasteiger partial charge in [0.05, 0.1) is 6.61 Å². The second kappa shape index (κ2) is 5.58. The lowest BCUT2D eigenvalue weighted by Gasteiger charge is -2.34. The number of hydrogen-bond acceptors (Lipinski definition) is 3. The van der Waals surface area contributed by atoms with Crippen LogP contribution in [0.5, 0.6) is 0 Å². The van der Waals surface area contributed by atoms with Crippen LogP contribution in [0.1, 0.15) is 20.3 Å². The SMILES string of the molecule is CC(C)CC(CO)N1CCNCC1. The Labute approximate surface area is 81.1 Å². The molecular weight excluding hydrogens is 164 g/mol. The zero-order valence-electron chi connectivity index (χ0n) is 8.79. The van der Waals surface area contributed by atoms with Gasteiger partial charge in [-0.15, -0.1) is 0 Å². The van der Waals surface area contributed by atoms with Crippen LogP contribution in [0, 0.1) is 5.92 Å². The highest BCUT2D eigenvalue weighted by Gasteiger charge is 2.20. The Morgan fingerprint density at radius 1 is 1.31 bits per heavy atom. The van der Waals surface area contributed by atoms with Crippen molar-refractivity contribution in [3.63, 3.8) is 0 Å². The highest BCUT2D eigenvalue weighted by Crippen LogP contribution is 2.11. The maximum absolute atomic E-state index is 9.27. The number of nitrogens with one attached hydrogen (secondary N) is 1. The van der Waals surface area contributed by atoms with Crippen LogP contribution in [0.4, 0.5) is 0 Å². The van der Waals surface area contributed by atoms with E-state index in [1.54, 1.807) is 0 Å². The summed E-state index contributed by atoms with van der Waals surface area (Å²) < 4.78 is 0. The lowest BCUT2D eigenvalue weighted by molar-refractivity contribution is 0.0957. The third-order valence-corrected chi connectivity index (χ3v) is 2.62. The van der Waals surface area contributed by atoms with Crippen LogP contribution in [0.3, 0.4) is 0 Å². The molecule has 0 aliphatic carbocycles. The van der Waals surface area contributed by atoms with Crippen molar-refractivity contribution in [2.24, 2.45) is 5.92 Å². The second-order valence-electron chi connectivity index (χ2n) is 4.25. The van der Waals surface area contributed by atoms with Crippen LogP contribution in [0.15, 0.2) is 0 Å². The van der Waals surface area contributed by atoms with Crippen LogP contribution < -0.4 is 5.32 Å². The Bertz CT molecular complexity index is 133. The van der Waals surface area contributed by atoms with Crippen molar-refractivity contribution < 1.29 is 5.11 Å². The summed E-state index contributed by atoms with van der Waals surface area (Å²) in [5.74, 6) is 0.673.